The molecule has 1 aromatic carbocycles. The highest BCUT2D eigenvalue weighted by Gasteiger charge is 2.64. The summed E-state index contributed by atoms with van der Waals surface area (Å²) in [7, 11) is 0. The van der Waals surface area contributed by atoms with Crippen LogP contribution < -0.4 is 5.32 Å². The fourth-order valence-electron chi connectivity index (χ4n) is 3.54. The van der Waals surface area contributed by atoms with Crippen LogP contribution in [0.4, 0.5) is 0 Å². The van der Waals surface area contributed by atoms with Gasteiger partial charge < -0.3 is 15.3 Å². The number of nitrogens with zero attached hydrogens (tertiary/aromatic N) is 2. The summed E-state index contributed by atoms with van der Waals surface area (Å²) in [5.41, 5.74) is 0.715. The van der Waals surface area contributed by atoms with Gasteiger partial charge in [0, 0.05) is 11.0 Å². The number of hydrogen-bond donors (Lipinski definition) is 2. The number of allylic oxidation sites excluding steroid dienone is 2. The van der Waals surface area contributed by atoms with E-state index < -0.39 is 28.8 Å². The third-order valence-corrected chi connectivity index (χ3v) is 6.42. The summed E-state index contributed by atoms with van der Waals surface area (Å²) in [5, 5.41) is 11.9. The Hall–Kier alpha value is -2.61. The smallest absolute Gasteiger partial charge is 0.327 e. The molecule has 0 aliphatic carbocycles. The molecule has 1 unspecified atom stereocenters. The number of thioether (sulfide) groups is 1. The second-order valence-electron chi connectivity index (χ2n) is 7.22. The first-order valence-electron chi connectivity index (χ1n) is 9.00. The van der Waals surface area contributed by atoms with Crippen LogP contribution in [0.1, 0.15) is 32.4 Å². The SMILES string of the molecule is CC=CC=NC(C(=O)N[C@@H]1C(=O)N2[C@@H]1SC(C)(C)[C@@H]2C(=O)O)c1ccccc1. The third kappa shape index (κ3) is 3.56. The van der Waals surface area contributed by atoms with Crippen LogP contribution in [0.5, 0.6) is 0 Å². The van der Waals surface area contributed by atoms with E-state index in [9.17, 15) is 19.5 Å². The summed E-state index contributed by atoms with van der Waals surface area (Å²) in [4.78, 5) is 42.8. The van der Waals surface area contributed by atoms with E-state index in [0.29, 0.717) is 5.56 Å². The van der Waals surface area contributed by atoms with Crippen molar-refractivity contribution in [3.63, 3.8) is 0 Å². The average molecular weight is 401 g/mol. The summed E-state index contributed by atoms with van der Waals surface area (Å²) >= 11 is 1.40. The molecule has 2 saturated heterocycles. The maximum absolute atomic E-state index is 12.9. The zero-order valence-electron chi connectivity index (χ0n) is 15.9. The van der Waals surface area contributed by atoms with Crippen molar-refractivity contribution in [2.24, 2.45) is 4.99 Å². The van der Waals surface area contributed by atoms with Crippen molar-refractivity contribution in [3.05, 3.63) is 48.0 Å². The minimum absolute atomic E-state index is 0.368. The summed E-state index contributed by atoms with van der Waals surface area (Å²) in [6.07, 6.45) is 5.09. The largest absolute Gasteiger partial charge is 0.480 e. The fourth-order valence-corrected chi connectivity index (χ4v) is 5.17. The van der Waals surface area contributed by atoms with E-state index in [2.05, 4.69) is 10.3 Å². The Bertz CT molecular complexity index is 837. The van der Waals surface area contributed by atoms with Crippen molar-refractivity contribution in [1.29, 1.82) is 0 Å². The predicted octanol–water partition coefficient (Wildman–Crippen LogP) is 2.01. The van der Waals surface area contributed by atoms with Crippen molar-refractivity contribution in [2.75, 3.05) is 0 Å². The average Bonchev–Trinajstić information content (AvgIpc) is 2.92. The number of nitrogens with one attached hydrogen (secondary N) is 1. The van der Waals surface area contributed by atoms with Gasteiger partial charge in [-0.15, -0.1) is 11.8 Å². The summed E-state index contributed by atoms with van der Waals surface area (Å²) in [6, 6.07) is 6.68. The highest BCUT2D eigenvalue weighted by atomic mass is 32.2. The Kier molecular flexibility index (Phi) is 5.60. The quantitative estimate of drug-likeness (QED) is 0.561. The standard InChI is InChI=1S/C20H23N3O4S/c1-4-5-11-21-13(12-9-7-6-8-10-12)16(24)22-14-17(25)23-15(19(26)27)20(2,3)28-18(14)23/h4-11,13-15,18H,1-3H3,(H,22,24)(H,26,27)/t13?,14-,15+,18-/m1/s1. The van der Waals surface area contributed by atoms with E-state index in [1.54, 1.807) is 44.3 Å². The molecule has 4 atom stereocenters. The molecule has 3 rings (SSSR count). The van der Waals surface area contributed by atoms with Crippen LogP contribution in [0.25, 0.3) is 0 Å². The van der Waals surface area contributed by atoms with Crippen molar-refractivity contribution in [2.45, 2.75) is 49.0 Å². The number of benzene rings is 1. The number of rotatable bonds is 6. The van der Waals surface area contributed by atoms with Crippen LogP contribution >= 0.6 is 11.8 Å². The lowest BCUT2D eigenvalue weighted by molar-refractivity contribution is -0.161. The van der Waals surface area contributed by atoms with Gasteiger partial charge in [-0.25, -0.2) is 4.79 Å². The fraction of sp³-hybridized carbons (Fsp3) is 0.400. The van der Waals surface area contributed by atoms with Gasteiger partial charge in [-0.2, -0.15) is 0 Å². The van der Waals surface area contributed by atoms with Crippen molar-refractivity contribution in [3.8, 4) is 0 Å². The van der Waals surface area contributed by atoms with Gasteiger partial charge in [-0.05, 0) is 32.4 Å². The number of carbonyl (C=O) groups excluding carboxylic acids is 2. The van der Waals surface area contributed by atoms with E-state index in [0.717, 1.165) is 0 Å². The molecule has 2 aliphatic rings. The van der Waals surface area contributed by atoms with Crippen molar-refractivity contribution >= 4 is 35.8 Å². The zero-order chi connectivity index (χ0) is 20.5. The first-order chi connectivity index (χ1) is 13.3. The van der Waals surface area contributed by atoms with Gasteiger partial charge in [0.2, 0.25) is 11.8 Å². The van der Waals surface area contributed by atoms with E-state index in [4.69, 9.17) is 0 Å². The second kappa shape index (κ2) is 7.79. The number of aliphatic imine (C=N–C) groups is 1. The predicted molar refractivity (Wildman–Crippen MR) is 108 cm³/mol. The summed E-state index contributed by atoms with van der Waals surface area (Å²) in [6.45, 7) is 5.45. The van der Waals surface area contributed by atoms with Gasteiger partial charge in [-0.3, -0.25) is 14.6 Å². The van der Waals surface area contributed by atoms with E-state index in [1.165, 1.54) is 16.7 Å². The summed E-state index contributed by atoms with van der Waals surface area (Å²) in [5.74, 6) is -1.79. The van der Waals surface area contributed by atoms with Crippen LogP contribution in [0.3, 0.4) is 0 Å². The molecule has 0 spiro atoms. The monoisotopic (exact) mass is 401 g/mol. The van der Waals surface area contributed by atoms with Crippen molar-refractivity contribution in [1.82, 2.24) is 10.2 Å². The molecular formula is C20H23N3O4S. The Morgan fingerprint density at radius 3 is 2.61 bits per heavy atom. The zero-order valence-corrected chi connectivity index (χ0v) is 16.7. The van der Waals surface area contributed by atoms with Gasteiger partial charge in [0.1, 0.15) is 17.5 Å². The first kappa shape index (κ1) is 20.1. The maximum Gasteiger partial charge on any atom is 0.327 e. The number of hydrogen-bond acceptors (Lipinski definition) is 5. The topological polar surface area (TPSA) is 99.1 Å². The van der Waals surface area contributed by atoms with Crippen LogP contribution in [0, 0.1) is 0 Å². The molecule has 2 amide bonds. The van der Waals surface area contributed by atoms with E-state index in [1.807, 2.05) is 25.1 Å². The highest BCUT2D eigenvalue weighted by Crippen LogP contribution is 2.50. The molecule has 2 fully saturated rings. The molecule has 0 aromatic heterocycles. The molecule has 0 radical (unpaired) electrons. The molecule has 28 heavy (non-hydrogen) atoms. The summed E-state index contributed by atoms with van der Waals surface area (Å²) < 4.78 is -0.630. The van der Waals surface area contributed by atoms with Crippen LogP contribution in [-0.4, -0.2) is 56.2 Å². The highest BCUT2D eigenvalue weighted by molar-refractivity contribution is 8.01. The lowest BCUT2D eigenvalue weighted by Crippen LogP contribution is -2.70. The Labute approximate surface area is 167 Å². The molecule has 1 aromatic rings. The van der Waals surface area contributed by atoms with Gasteiger partial charge >= 0.3 is 5.97 Å². The number of carbonyl (C=O) groups is 3. The number of carboxylic acids is 1. The van der Waals surface area contributed by atoms with Gasteiger partial charge in [0.05, 0.1) is 0 Å². The molecule has 0 saturated carbocycles. The minimum atomic E-state index is -1.03. The normalized spacial score (nSPS) is 26.9. The lowest BCUT2D eigenvalue weighted by atomic mass is 9.95. The number of fused-ring (bicyclic) bond motifs is 1. The van der Waals surface area contributed by atoms with Crippen LogP contribution in [-0.2, 0) is 14.4 Å². The number of aliphatic carboxylic acids is 1. The second-order valence-corrected chi connectivity index (χ2v) is 8.99. The van der Waals surface area contributed by atoms with E-state index >= 15 is 0 Å². The molecule has 8 heteroatoms. The Balaban J connectivity index is 1.78. The minimum Gasteiger partial charge on any atom is -0.480 e. The molecule has 2 aliphatic heterocycles. The van der Waals surface area contributed by atoms with Crippen LogP contribution in [0.2, 0.25) is 0 Å². The molecular weight excluding hydrogens is 378 g/mol. The Morgan fingerprint density at radius 1 is 1.32 bits per heavy atom. The Morgan fingerprint density at radius 2 is 2.00 bits per heavy atom. The molecule has 2 N–H and O–H groups in total. The van der Waals surface area contributed by atoms with Gasteiger partial charge in [0.25, 0.3) is 0 Å². The molecule has 2 heterocycles. The lowest BCUT2D eigenvalue weighted by Gasteiger charge is -2.43. The van der Waals surface area contributed by atoms with Gasteiger partial charge in [0.15, 0.2) is 6.04 Å². The van der Waals surface area contributed by atoms with Crippen LogP contribution in [0.15, 0.2) is 47.5 Å². The van der Waals surface area contributed by atoms with E-state index in [-0.39, 0.29) is 17.2 Å². The molecule has 0 bridgehead atoms. The molecule has 7 nitrogen and oxygen atoms in total. The first-order valence-corrected chi connectivity index (χ1v) is 9.88. The van der Waals surface area contributed by atoms with Gasteiger partial charge in [-0.1, -0.05) is 36.4 Å². The third-order valence-electron chi connectivity index (χ3n) is 4.85. The number of β-lactam (4-membered cyclic amide) rings is 1. The number of carboxylic acid groups (broad SMARTS) is 1. The number of amides is 2. The molecule has 148 valence electrons. The maximum atomic E-state index is 12.9. The van der Waals surface area contributed by atoms with Crippen molar-refractivity contribution < 1.29 is 19.5 Å².